The molecule has 1 aromatic rings. The van der Waals surface area contributed by atoms with Gasteiger partial charge in [0.2, 0.25) is 0 Å². The monoisotopic (exact) mass is 310 g/mol. The smallest absolute Gasteiger partial charge is 0.0764 e. The van der Waals surface area contributed by atoms with E-state index in [2.05, 4.69) is 29.4 Å². The van der Waals surface area contributed by atoms with Crippen molar-refractivity contribution in [3.05, 3.63) is 12.9 Å². The normalized spacial score (nSPS) is 10.9. The van der Waals surface area contributed by atoms with Gasteiger partial charge in [0.05, 0.1) is 16.1 Å². The van der Waals surface area contributed by atoms with E-state index in [4.69, 9.17) is 11.6 Å². The Morgan fingerprint density at radius 3 is 2.57 bits per heavy atom. The van der Waals surface area contributed by atoms with Crippen molar-refractivity contribution < 1.29 is 0 Å². The van der Waals surface area contributed by atoms with E-state index in [0.717, 1.165) is 3.95 Å². The first-order valence-corrected chi connectivity index (χ1v) is 9.08. The fourth-order valence-electron chi connectivity index (χ4n) is 1.50. The van der Waals surface area contributed by atoms with Crippen molar-refractivity contribution in [1.29, 1.82) is 0 Å². The van der Waals surface area contributed by atoms with Crippen LogP contribution in [0.5, 0.6) is 0 Å². The highest BCUT2D eigenvalue weighted by atomic mass is 79.9. The summed E-state index contributed by atoms with van der Waals surface area (Å²) in [6, 6.07) is 0. The summed E-state index contributed by atoms with van der Waals surface area (Å²) in [5.41, 5.74) is 0. The Labute approximate surface area is 105 Å². The molecule has 1 aromatic heterocycles. The molecule has 4 heteroatoms. The Hall–Kier alpha value is 0.817. The Morgan fingerprint density at radius 1 is 1.36 bits per heavy atom. The molecule has 0 bridgehead atoms. The van der Waals surface area contributed by atoms with Gasteiger partial charge in [0.25, 0.3) is 0 Å². The van der Waals surface area contributed by atoms with Crippen LogP contribution in [-0.4, -0.2) is 8.40 Å². The molecule has 0 amide bonds. The third-order valence-corrected chi connectivity index (χ3v) is 8.86. The second kappa shape index (κ2) is 6.41. The van der Waals surface area contributed by atoms with Crippen molar-refractivity contribution in [3.63, 3.8) is 0 Å². The van der Waals surface area contributed by atoms with Gasteiger partial charge in [-0.05, 0) is 33.9 Å². The number of unbranched alkanes of at least 4 members (excludes halogenated alkanes) is 3. The molecule has 14 heavy (non-hydrogen) atoms. The van der Waals surface area contributed by atoms with Crippen LogP contribution in [0.15, 0.2) is 3.79 Å². The molecule has 0 fully saturated rings. The highest BCUT2D eigenvalue weighted by molar-refractivity contribution is 9.11. The lowest BCUT2D eigenvalue weighted by atomic mass is 10.1. The Balaban J connectivity index is 2.49. The molecule has 80 valence electrons. The van der Waals surface area contributed by atoms with Gasteiger partial charge in [-0.1, -0.05) is 44.3 Å². The van der Waals surface area contributed by atoms with Gasteiger partial charge in [-0.25, -0.2) is 0 Å². The minimum absolute atomic E-state index is 0.531. The van der Waals surface area contributed by atoms with Gasteiger partial charge in [0, 0.05) is 0 Å². The Morgan fingerprint density at radius 2 is 2.07 bits per heavy atom. The predicted molar refractivity (Wildman–Crippen MR) is 71.8 cm³/mol. The van der Waals surface area contributed by atoms with E-state index in [1.165, 1.54) is 35.9 Å². The van der Waals surface area contributed by atoms with Crippen LogP contribution in [0.1, 0.15) is 37.8 Å². The summed E-state index contributed by atoms with van der Waals surface area (Å²) in [7, 11) is -0.531. The summed E-state index contributed by atoms with van der Waals surface area (Å²) in [5, 5.41) is 1.60. The van der Waals surface area contributed by atoms with E-state index in [-0.39, 0.29) is 0 Å². The SMILES string of the molecule is CCCCCCc1c(Br)sc(Cl)[si]1C. The van der Waals surface area contributed by atoms with Gasteiger partial charge in [0.15, 0.2) is 0 Å². The summed E-state index contributed by atoms with van der Waals surface area (Å²) >= 11 is 11.5. The molecule has 0 aromatic carbocycles. The second-order valence-electron chi connectivity index (χ2n) is 3.56. The molecule has 0 aliphatic rings. The van der Waals surface area contributed by atoms with Crippen LogP contribution < -0.4 is 0 Å². The van der Waals surface area contributed by atoms with E-state index in [1.54, 1.807) is 16.5 Å². The molecule has 1 heterocycles. The molecule has 0 atom stereocenters. The molecular formula is C10H16BrClSSi. The van der Waals surface area contributed by atoms with Gasteiger partial charge in [-0.2, -0.15) is 0 Å². The third-order valence-electron chi connectivity index (χ3n) is 2.44. The van der Waals surface area contributed by atoms with E-state index in [9.17, 15) is 0 Å². The van der Waals surface area contributed by atoms with Gasteiger partial charge < -0.3 is 0 Å². The molecule has 0 aliphatic carbocycles. The van der Waals surface area contributed by atoms with Gasteiger partial charge in [-0.3, -0.25) is 0 Å². The zero-order chi connectivity index (χ0) is 10.6. The zero-order valence-electron chi connectivity index (χ0n) is 8.70. The lowest BCUT2D eigenvalue weighted by molar-refractivity contribution is 0.669. The Bertz CT molecular complexity index is 299. The molecule has 0 aliphatic heterocycles. The highest BCUT2D eigenvalue weighted by Crippen LogP contribution is 2.31. The van der Waals surface area contributed by atoms with Crippen LogP contribution in [0.2, 0.25) is 3.95 Å². The molecule has 0 spiro atoms. The third kappa shape index (κ3) is 3.44. The van der Waals surface area contributed by atoms with Crippen LogP contribution in [0.3, 0.4) is 0 Å². The van der Waals surface area contributed by atoms with Crippen molar-refractivity contribution >= 4 is 47.3 Å². The van der Waals surface area contributed by atoms with E-state index in [0.29, 0.717) is 0 Å². The van der Waals surface area contributed by atoms with Crippen LogP contribution in [0, 0.1) is 0 Å². The van der Waals surface area contributed by atoms with Gasteiger partial charge >= 0.3 is 0 Å². The fourth-order valence-corrected chi connectivity index (χ4v) is 7.74. The molecule has 0 nitrogen and oxygen atoms in total. The van der Waals surface area contributed by atoms with Gasteiger partial charge in [0.1, 0.15) is 0 Å². The minimum atomic E-state index is -0.531. The Kier molecular flexibility index (Phi) is 5.90. The van der Waals surface area contributed by atoms with Crippen LogP contribution in [0.4, 0.5) is 0 Å². The van der Waals surface area contributed by atoms with E-state index in [1.807, 2.05) is 0 Å². The largest absolute Gasteiger partial charge is 0.122 e. The molecule has 1 rings (SSSR count). The standard InChI is InChI=1S/C10H16BrClSSi/c1-3-4-5-6-7-8-9(11)13-10(12)14(8)2/h3-7H2,1-2H3. The first kappa shape index (κ1) is 12.9. The summed E-state index contributed by atoms with van der Waals surface area (Å²) in [5.74, 6) is 0. The molecule has 0 saturated heterocycles. The topological polar surface area (TPSA) is 0 Å². The van der Waals surface area contributed by atoms with Crippen molar-refractivity contribution in [3.8, 4) is 0 Å². The lowest BCUT2D eigenvalue weighted by Gasteiger charge is -2.00. The summed E-state index contributed by atoms with van der Waals surface area (Å²) in [6.07, 6.45) is 6.60. The van der Waals surface area contributed by atoms with Crippen LogP contribution in [0.25, 0.3) is 0 Å². The van der Waals surface area contributed by atoms with E-state index < -0.39 is 8.40 Å². The number of hydrogen-bond acceptors (Lipinski definition) is 1. The van der Waals surface area contributed by atoms with Crippen molar-refractivity contribution in [2.45, 2.75) is 39.0 Å². The average molecular weight is 312 g/mol. The quantitative estimate of drug-likeness (QED) is 0.538. The summed E-state index contributed by atoms with van der Waals surface area (Å²) in [6.45, 7) is 4.55. The minimum Gasteiger partial charge on any atom is -0.122 e. The maximum absolute atomic E-state index is 6.15. The molecule has 0 N–H and O–H groups in total. The lowest BCUT2D eigenvalue weighted by Crippen LogP contribution is -1.98. The first-order valence-electron chi connectivity index (χ1n) is 5.10. The number of rotatable bonds is 5. The van der Waals surface area contributed by atoms with Crippen LogP contribution >= 0.6 is 38.9 Å². The first-order chi connectivity index (χ1) is 6.66. The molecule has 0 radical (unpaired) electrons. The molecule has 0 unspecified atom stereocenters. The maximum Gasteiger partial charge on any atom is 0.0764 e. The highest BCUT2D eigenvalue weighted by Gasteiger charge is 2.11. The average Bonchev–Trinajstić information content (AvgIpc) is 2.38. The van der Waals surface area contributed by atoms with Crippen LogP contribution in [-0.2, 0) is 13.0 Å². The van der Waals surface area contributed by atoms with Crippen molar-refractivity contribution in [2.24, 2.45) is 6.55 Å². The van der Waals surface area contributed by atoms with Gasteiger partial charge in [-0.15, -0.1) is 11.3 Å². The number of halogens is 2. The van der Waals surface area contributed by atoms with E-state index >= 15 is 0 Å². The fraction of sp³-hybridized carbons (Fsp3) is 0.700. The summed E-state index contributed by atoms with van der Waals surface area (Å²) in [4.78, 5) is 0. The number of hydrogen-bond donors (Lipinski definition) is 0. The summed E-state index contributed by atoms with van der Waals surface area (Å²) < 4.78 is 2.42. The molecule has 0 saturated carbocycles. The van der Waals surface area contributed by atoms with Crippen molar-refractivity contribution in [2.75, 3.05) is 0 Å². The maximum atomic E-state index is 6.15. The molecular weight excluding hydrogens is 296 g/mol. The van der Waals surface area contributed by atoms with Crippen molar-refractivity contribution in [1.82, 2.24) is 0 Å². The zero-order valence-corrected chi connectivity index (χ0v) is 12.9. The predicted octanol–water partition coefficient (Wildman–Crippen LogP) is 4.85. The second-order valence-corrected chi connectivity index (χ2v) is 9.54.